The van der Waals surface area contributed by atoms with Gasteiger partial charge in [-0.3, -0.25) is 0 Å². The maximum Gasteiger partial charge on any atom is 0.495 e. The summed E-state index contributed by atoms with van der Waals surface area (Å²) in [6.07, 6.45) is 2.89. The van der Waals surface area contributed by atoms with Gasteiger partial charge in [-0.1, -0.05) is 0 Å². The third-order valence-electron chi connectivity index (χ3n) is 3.35. The summed E-state index contributed by atoms with van der Waals surface area (Å²) < 4.78 is 12.5. The predicted molar refractivity (Wildman–Crippen MR) is 61.1 cm³/mol. The van der Waals surface area contributed by atoms with Crippen LogP contribution in [0.4, 0.5) is 0 Å². The molecule has 0 amide bonds. The topological polar surface area (TPSA) is 45.4 Å². The standard InChI is InChI=1S/C11H16BNO3/c1-10(2)11(3,4)16-12(15-10)9-5-7-13(14)8-6-9/h5-8H,1-4H3. The molecule has 1 aromatic rings. The third-order valence-corrected chi connectivity index (χ3v) is 3.35. The van der Waals surface area contributed by atoms with Crippen LogP contribution in [-0.4, -0.2) is 18.3 Å². The highest BCUT2D eigenvalue weighted by molar-refractivity contribution is 6.62. The molecular weight excluding hydrogens is 205 g/mol. The van der Waals surface area contributed by atoms with Crippen molar-refractivity contribution in [3.05, 3.63) is 29.7 Å². The van der Waals surface area contributed by atoms with Gasteiger partial charge in [0.15, 0.2) is 12.4 Å². The van der Waals surface area contributed by atoms with Crippen molar-refractivity contribution >= 4 is 12.6 Å². The summed E-state index contributed by atoms with van der Waals surface area (Å²) in [4.78, 5) is 0. The molecule has 4 nitrogen and oxygen atoms in total. The largest absolute Gasteiger partial charge is 0.619 e. The molecule has 0 aliphatic carbocycles. The van der Waals surface area contributed by atoms with Crippen molar-refractivity contribution in [3.63, 3.8) is 0 Å². The summed E-state index contributed by atoms with van der Waals surface area (Å²) in [5.41, 5.74) is 0.174. The van der Waals surface area contributed by atoms with Gasteiger partial charge < -0.3 is 14.5 Å². The minimum atomic E-state index is -0.397. The number of nitrogens with zero attached hydrogens (tertiary/aromatic N) is 1. The van der Waals surface area contributed by atoms with Crippen molar-refractivity contribution in [2.45, 2.75) is 38.9 Å². The van der Waals surface area contributed by atoms with E-state index >= 15 is 0 Å². The number of pyridine rings is 1. The SMILES string of the molecule is CC1(C)OB(c2cc[n+]([O-])cc2)OC1(C)C. The molecule has 1 saturated heterocycles. The van der Waals surface area contributed by atoms with Crippen molar-refractivity contribution in [2.75, 3.05) is 0 Å². The summed E-state index contributed by atoms with van der Waals surface area (Å²) in [6.45, 7) is 8.01. The van der Waals surface area contributed by atoms with Crippen LogP contribution in [0.2, 0.25) is 0 Å². The highest BCUT2D eigenvalue weighted by Gasteiger charge is 2.51. The van der Waals surface area contributed by atoms with E-state index in [1.807, 2.05) is 27.7 Å². The molecule has 0 atom stereocenters. The van der Waals surface area contributed by atoms with Crippen LogP contribution in [0.1, 0.15) is 27.7 Å². The lowest BCUT2D eigenvalue weighted by atomic mass is 9.80. The van der Waals surface area contributed by atoms with Crippen LogP contribution in [0.15, 0.2) is 24.5 Å². The third kappa shape index (κ3) is 1.81. The smallest absolute Gasteiger partial charge is 0.495 e. The van der Waals surface area contributed by atoms with E-state index in [2.05, 4.69) is 0 Å². The van der Waals surface area contributed by atoms with Crippen LogP contribution in [0.5, 0.6) is 0 Å². The predicted octanol–water partition coefficient (Wildman–Crippen LogP) is 0.619. The van der Waals surface area contributed by atoms with Crippen molar-refractivity contribution in [3.8, 4) is 0 Å². The van der Waals surface area contributed by atoms with Crippen LogP contribution in [0, 0.1) is 5.21 Å². The minimum Gasteiger partial charge on any atom is -0.619 e. The molecule has 86 valence electrons. The molecule has 0 radical (unpaired) electrons. The second-order valence-electron chi connectivity index (χ2n) is 5.08. The van der Waals surface area contributed by atoms with Crippen LogP contribution in [0.25, 0.3) is 0 Å². The quantitative estimate of drug-likeness (QED) is 0.396. The van der Waals surface area contributed by atoms with E-state index in [0.29, 0.717) is 0 Å². The van der Waals surface area contributed by atoms with Crippen molar-refractivity contribution < 1.29 is 14.0 Å². The number of aromatic nitrogens is 1. The monoisotopic (exact) mass is 221 g/mol. The average molecular weight is 221 g/mol. The van der Waals surface area contributed by atoms with Crippen LogP contribution in [-0.2, 0) is 9.31 Å². The molecule has 0 spiro atoms. The second-order valence-corrected chi connectivity index (χ2v) is 5.08. The Morgan fingerprint density at radius 3 is 1.94 bits per heavy atom. The van der Waals surface area contributed by atoms with Gasteiger partial charge in [0.1, 0.15) is 0 Å². The molecular formula is C11H16BNO3. The highest BCUT2D eigenvalue weighted by Crippen LogP contribution is 2.36. The van der Waals surface area contributed by atoms with E-state index in [1.54, 1.807) is 12.1 Å². The summed E-state index contributed by atoms with van der Waals surface area (Å²) in [5.74, 6) is 0. The molecule has 1 aliphatic rings. The molecule has 2 rings (SSSR count). The summed E-state index contributed by atoms with van der Waals surface area (Å²) in [5, 5.41) is 10.9. The highest BCUT2D eigenvalue weighted by atomic mass is 16.7. The first-order valence-corrected chi connectivity index (χ1v) is 5.36. The van der Waals surface area contributed by atoms with Crippen molar-refractivity contribution in [2.24, 2.45) is 0 Å². The lowest BCUT2D eigenvalue weighted by Crippen LogP contribution is -2.41. The summed E-state index contributed by atoms with van der Waals surface area (Å²) >= 11 is 0. The van der Waals surface area contributed by atoms with E-state index in [1.165, 1.54) is 12.4 Å². The average Bonchev–Trinajstić information content (AvgIpc) is 2.37. The molecule has 1 aliphatic heterocycles. The Hall–Kier alpha value is -1.07. The Labute approximate surface area is 95.9 Å². The van der Waals surface area contributed by atoms with E-state index in [0.717, 1.165) is 10.2 Å². The molecule has 0 unspecified atom stereocenters. The summed E-state index contributed by atoms with van der Waals surface area (Å²) in [7, 11) is -0.397. The maximum atomic E-state index is 10.9. The fraction of sp³-hybridized carbons (Fsp3) is 0.545. The first-order chi connectivity index (χ1) is 7.32. The van der Waals surface area contributed by atoms with Gasteiger partial charge in [0.2, 0.25) is 0 Å². The lowest BCUT2D eigenvalue weighted by Gasteiger charge is -2.32. The van der Waals surface area contributed by atoms with Gasteiger partial charge in [-0.25, -0.2) is 0 Å². The van der Waals surface area contributed by atoms with Crippen LogP contribution >= 0.6 is 0 Å². The van der Waals surface area contributed by atoms with E-state index in [-0.39, 0.29) is 11.2 Å². The fourth-order valence-electron chi connectivity index (χ4n) is 1.56. The maximum absolute atomic E-state index is 10.9. The zero-order valence-electron chi connectivity index (χ0n) is 10.1. The van der Waals surface area contributed by atoms with Crippen LogP contribution in [0.3, 0.4) is 0 Å². The molecule has 5 heteroatoms. The molecule has 1 fully saturated rings. The minimum absolute atomic E-state index is 0.346. The lowest BCUT2D eigenvalue weighted by molar-refractivity contribution is -0.605. The first kappa shape index (κ1) is 11.4. The van der Waals surface area contributed by atoms with E-state index in [9.17, 15) is 5.21 Å². The van der Waals surface area contributed by atoms with Gasteiger partial charge in [-0.2, -0.15) is 4.73 Å². The molecule has 0 aromatic carbocycles. The fourth-order valence-corrected chi connectivity index (χ4v) is 1.56. The number of rotatable bonds is 1. The van der Waals surface area contributed by atoms with Gasteiger partial charge in [0.25, 0.3) is 0 Å². The Morgan fingerprint density at radius 1 is 1.06 bits per heavy atom. The van der Waals surface area contributed by atoms with Crippen molar-refractivity contribution in [1.82, 2.24) is 0 Å². The Kier molecular flexibility index (Phi) is 2.47. The van der Waals surface area contributed by atoms with E-state index in [4.69, 9.17) is 9.31 Å². The Bertz CT molecular complexity index is 373. The van der Waals surface area contributed by atoms with E-state index < -0.39 is 7.12 Å². The van der Waals surface area contributed by atoms with Gasteiger partial charge in [0, 0.05) is 12.1 Å². The van der Waals surface area contributed by atoms with Gasteiger partial charge in [-0.05, 0) is 33.2 Å². The van der Waals surface area contributed by atoms with Crippen molar-refractivity contribution in [1.29, 1.82) is 0 Å². The molecule has 2 heterocycles. The van der Waals surface area contributed by atoms with Gasteiger partial charge in [0.05, 0.1) is 11.2 Å². The molecule has 16 heavy (non-hydrogen) atoms. The molecule has 0 saturated carbocycles. The van der Waals surface area contributed by atoms with Gasteiger partial charge in [-0.15, -0.1) is 0 Å². The molecule has 0 N–H and O–H groups in total. The molecule has 1 aromatic heterocycles. The Balaban J connectivity index is 2.23. The Morgan fingerprint density at radius 2 is 1.50 bits per heavy atom. The summed E-state index contributed by atoms with van der Waals surface area (Å²) in [6, 6.07) is 3.43. The number of hydrogen-bond acceptors (Lipinski definition) is 3. The number of hydrogen-bond donors (Lipinski definition) is 0. The van der Waals surface area contributed by atoms with Crippen LogP contribution < -0.4 is 10.2 Å². The van der Waals surface area contributed by atoms with Gasteiger partial charge >= 0.3 is 7.12 Å². The first-order valence-electron chi connectivity index (χ1n) is 5.36. The second kappa shape index (κ2) is 3.47. The zero-order chi connectivity index (χ0) is 12.0. The zero-order valence-corrected chi connectivity index (χ0v) is 10.1. The molecule has 0 bridgehead atoms. The normalized spacial score (nSPS) is 22.4.